The standard InChI is InChI=1S/C17H19ClO3/c1-12-6-4-5-7-14(12)11-21-17-15(19-2)8-13(10-18)9-16(17)20-3/h4-9H,10-11H2,1-3H3. The summed E-state index contributed by atoms with van der Waals surface area (Å²) in [6.45, 7) is 2.52. The summed E-state index contributed by atoms with van der Waals surface area (Å²) >= 11 is 5.88. The molecular weight excluding hydrogens is 288 g/mol. The number of alkyl halides is 1. The van der Waals surface area contributed by atoms with Crippen LogP contribution in [-0.4, -0.2) is 14.2 Å². The quantitative estimate of drug-likeness (QED) is 0.743. The van der Waals surface area contributed by atoms with Gasteiger partial charge in [0.2, 0.25) is 5.75 Å². The van der Waals surface area contributed by atoms with Crippen molar-refractivity contribution in [3.05, 3.63) is 53.1 Å². The Labute approximate surface area is 130 Å². The van der Waals surface area contributed by atoms with Crippen LogP contribution in [0.25, 0.3) is 0 Å². The van der Waals surface area contributed by atoms with Crippen LogP contribution in [0.5, 0.6) is 17.2 Å². The first-order valence-corrected chi connectivity index (χ1v) is 7.21. The van der Waals surface area contributed by atoms with Crippen LogP contribution in [0.2, 0.25) is 0 Å². The van der Waals surface area contributed by atoms with Crippen molar-refractivity contribution in [1.29, 1.82) is 0 Å². The van der Waals surface area contributed by atoms with Gasteiger partial charge >= 0.3 is 0 Å². The predicted molar refractivity (Wildman–Crippen MR) is 84.6 cm³/mol. The van der Waals surface area contributed by atoms with Gasteiger partial charge in [0.25, 0.3) is 0 Å². The number of ether oxygens (including phenoxy) is 3. The van der Waals surface area contributed by atoms with Crippen LogP contribution in [0.1, 0.15) is 16.7 Å². The lowest BCUT2D eigenvalue weighted by Crippen LogP contribution is -2.02. The lowest BCUT2D eigenvalue weighted by atomic mass is 10.1. The maximum atomic E-state index is 5.92. The number of methoxy groups -OCH3 is 2. The third-order valence-electron chi connectivity index (χ3n) is 3.31. The van der Waals surface area contributed by atoms with Crippen molar-refractivity contribution in [2.75, 3.05) is 14.2 Å². The zero-order valence-corrected chi connectivity index (χ0v) is 13.2. The normalized spacial score (nSPS) is 10.3. The highest BCUT2D eigenvalue weighted by Gasteiger charge is 2.14. The van der Waals surface area contributed by atoms with Gasteiger partial charge in [0.05, 0.1) is 14.2 Å². The number of aryl methyl sites for hydroxylation is 1. The van der Waals surface area contributed by atoms with E-state index >= 15 is 0 Å². The molecule has 0 fully saturated rings. The summed E-state index contributed by atoms with van der Waals surface area (Å²) in [6, 6.07) is 11.8. The fourth-order valence-corrected chi connectivity index (χ4v) is 2.23. The van der Waals surface area contributed by atoms with E-state index in [-0.39, 0.29) is 0 Å². The third kappa shape index (κ3) is 3.61. The second-order valence-electron chi connectivity index (χ2n) is 4.68. The SMILES string of the molecule is COc1cc(CCl)cc(OC)c1OCc1ccccc1C. The maximum absolute atomic E-state index is 5.92. The monoisotopic (exact) mass is 306 g/mol. The van der Waals surface area contributed by atoms with Crippen LogP contribution >= 0.6 is 11.6 Å². The Morgan fingerprint density at radius 2 is 1.62 bits per heavy atom. The molecule has 3 nitrogen and oxygen atoms in total. The van der Waals surface area contributed by atoms with Crippen molar-refractivity contribution >= 4 is 11.6 Å². The first-order valence-electron chi connectivity index (χ1n) is 6.67. The molecule has 2 aromatic carbocycles. The Morgan fingerprint density at radius 1 is 1.00 bits per heavy atom. The zero-order valence-electron chi connectivity index (χ0n) is 12.5. The molecule has 0 aliphatic rings. The summed E-state index contributed by atoms with van der Waals surface area (Å²) in [5.41, 5.74) is 3.24. The van der Waals surface area contributed by atoms with E-state index in [1.165, 1.54) is 5.56 Å². The molecule has 2 rings (SSSR count). The largest absolute Gasteiger partial charge is 0.493 e. The molecule has 2 aromatic rings. The number of hydrogen-bond donors (Lipinski definition) is 0. The highest BCUT2D eigenvalue weighted by atomic mass is 35.5. The van der Waals surface area contributed by atoms with E-state index in [1.54, 1.807) is 14.2 Å². The number of benzene rings is 2. The van der Waals surface area contributed by atoms with Crippen LogP contribution in [0.4, 0.5) is 0 Å². The Kier molecular flexibility index (Phi) is 5.34. The first-order chi connectivity index (χ1) is 10.2. The molecule has 0 N–H and O–H groups in total. The topological polar surface area (TPSA) is 27.7 Å². The van der Waals surface area contributed by atoms with Crippen molar-refractivity contribution < 1.29 is 14.2 Å². The summed E-state index contributed by atoms with van der Waals surface area (Å²) in [4.78, 5) is 0. The molecule has 0 bridgehead atoms. The lowest BCUT2D eigenvalue weighted by molar-refractivity contribution is 0.265. The smallest absolute Gasteiger partial charge is 0.203 e. The zero-order chi connectivity index (χ0) is 15.2. The Bertz CT molecular complexity index is 586. The molecule has 21 heavy (non-hydrogen) atoms. The van der Waals surface area contributed by atoms with E-state index in [0.717, 1.165) is 11.1 Å². The lowest BCUT2D eigenvalue weighted by Gasteiger charge is -2.16. The molecule has 0 unspecified atom stereocenters. The first kappa shape index (κ1) is 15.5. The minimum atomic E-state index is 0.394. The summed E-state index contributed by atoms with van der Waals surface area (Å²) in [7, 11) is 3.21. The van der Waals surface area contributed by atoms with Crippen molar-refractivity contribution in [2.24, 2.45) is 0 Å². The fraction of sp³-hybridized carbons (Fsp3) is 0.294. The van der Waals surface area contributed by atoms with Crippen LogP contribution in [0.3, 0.4) is 0 Å². The van der Waals surface area contributed by atoms with Gasteiger partial charge in [0, 0.05) is 5.88 Å². The molecule has 0 saturated carbocycles. The average Bonchev–Trinajstić information content (AvgIpc) is 2.53. The van der Waals surface area contributed by atoms with Gasteiger partial charge in [0.15, 0.2) is 11.5 Å². The van der Waals surface area contributed by atoms with E-state index in [0.29, 0.717) is 29.7 Å². The van der Waals surface area contributed by atoms with E-state index in [9.17, 15) is 0 Å². The predicted octanol–water partition coefficient (Wildman–Crippen LogP) is 4.33. The molecule has 0 heterocycles. The van der Waals surface area contributed by atoms with Gasteiger partial charge in [-0.25, -0.2) is 0 Å². The molecule has 0 saturated heterocycles. The number of halogens is 1. The molecule has 112 valence electrons. The van der Waals surface area contributed by atoms with E-state index in [4.69, 9.17) is 25.8 Å². The second kappa shape index (κ2) is 7.23. The summed E-state index contributed by atoms with van der Waals surface area (Å²) in [5, 5.41) is 0. The summed E-state index contributed by atoms with van der Waals surface area (Å²) in [5.74, 6) is 2.24. The summed E-state index contributed by atoms with van der Waals surface area (Å²) < 4.78 is 16.7. The highest BCUT2D eigenvalue weighted by molar-refractivity contribution is 6.17. The number of rotatable bonds is 6. The van der Waals surface area contributed by atoms with Gasteiger partial charge < -0.3 is 14.2 Å². The Balaban J connectivity index is 2.28. The molecule has 0 radical (unpaired) electrons. The molecule has 0 atom stereocenters. The van der Waals surface area contributed by atoms with E-state index < -0.39 is 0 Å². The van der Waals surface area contributed by atoms with Gasteiger partial charge in [-0.3, -0.25) is 0 Å². The highest BCUT2D eigenvalue weighted by Crippen LogP contribution is 2.39. The molecule has 0 aliphatic heterocycles. The fourth-order valence-electron chi connectivity index (χ4n) is 2.08. The summed E-state index contributed by atoms with van der Waals surface area (Å²) in [6.07, 6.45) is 0. The Morgan fingerprint density at radius 3 is 2.14 bits per heavy atom. The molecule has 4 heteroatoms. The van der Waals surface area contributed by atoms with Gasteiger partial charge in [0.1, 0.15) is 6.61 Å². The van der Waals surface area contributed by atoms with E-state index in [2.05, 4.69) is 13.0 Å². The van der Waals surface area contributed by atoms with Crippen molar-refractivity contribution in [3.63, 3.8) is 0 Å². The van der Waals surface area contributed by atoms with Gasteiger partial charge in [-0.2, -0.15) is 0 Å². The Hall–Kier alpha value is -1.87. The van der Waals surface area contributed by atoms with Crippen molar-refractivity contribution in [3.8, 4) is 17.2 Å². The molecule has 0 spiro atoms. The minimum Gasteiger partial charge on any atom is -0.493 e. The molecular formula is C17H19ClO3. The van der Waals surface area contributed by atoms with Gasteiger partial charge in [-0.1, -0.05) is 24.3 Å². The average molecular weight is 307 g/mol. The molecule has 0 aromatic heterocycles. The number of hydrogen-bond acceptors (Lipinski definition) is 3. The molecule has 0 amide bonds. The van der Waals surface area contributed by atoms with E-state index in [1.807, 2.05) is 30.3 Å². The van der Waals surface area contributed by atoms with Crippen molar-refractivity contribution in [2.45, 2.75) is 19.4 Å². The van der Waals surface area contributed by atoms with Crippen LogP contribution in [0.15, 0.2) is 36.4 Å². The van der Waals surface area contributed by atoms with Gasteiger partial charge in [-0.05, 0) is 35.7 Å². The second-order valence-corrected chi connectivity index (χ2v) is 4.95. The third-order valence-corrected chi connectivity index (χ3v) is 3.62. The van der Waals surface area contributed by atoms with Crippen LogP contribution < -0.4 is 14.2 Å². The van der Waals surface area contributed by atoms with Crippen molar-refractivity contribution in [1.82, 2.24) is 0 Å². The maximum Gasteiger partial charge on any atom is 0.203 e. The minimum absolute atomic E-state index is 0.394. The van der Waals surface area contributed by atoms with Crippen LogP contribution in [-0.2, 0) is 12.5 Å². The van der Waals surface area contributed by atoms with Gasteiger partial charge in [-0.15, -0.1) is 11.6 Å². The molecule has 0 aliphatic carbocycles. The van der Waals surface area contributed by atoms with Crippen LogP contribution in [0, 0.1) is 6.92 Å².